The number of barbiturate groups is 1. The molecule has 3 aromatic rings. The predicted octanol–water partition coefficient (Wildman–Crippen LogP) is 5.18. The minimum atomic E-state index is -0.787. The zero-order chi connectivity index (χ0) is 25.1. The van der Waals surface area contributed by atoms with E-state index in [1.165, 1.54) is 6.08 Å². The summed E-state index contributed by atoms with van der Waals surface area (Å²) in [5, 5.41) is 11.5. The maximum atomic E-state index is 13.2. The summed E-state index contributed by atoms with van der Waals surface area (Å²) in [4.78, 5) is 39.1. The molecule has 0 aromatic heterocycles. The first kappa shape index (κ1) is 23.9. The number of imide groups is 2. The van der Waals surface area contributed by atoms with E-state index in [-0.39, 0.29) is 12.2 Å². The lowest BCUT2D eigenvalue weighted by atomic mass is 10.1. The number of amides is 4. The van der Waals surface area contributed by atoms with Crippen molar-refractivity contribution in [2.45, 2.75) is 20.5 Å². The Hall–Kier alpha value is -4.22. The van der Waals surface area contributed by atoms with Gasteiger partial charge in [-0.2, -0.15) is 5.26 Å². The van der Waals surface area contributed by atoms with Crippen molar-refractivity contribution >= 4 is 45.5 Å². The molecule has 35 heavy (non-hydrogen) atoms. The molecular formula is C27H20BrN3O4. The van der Waals surface area contributed by atoms with Crippen LogP contribution in [0.1, 0.15) is 27.8 Å². The second kappa shape index (κ2) is 9.95. The molecule has 4 rings (SSSR count). The van der Waals surface area contributed by atoms with Crippen molar-refractivity contribution in [1.29, 1.82) is 5.26 Å². The van der Waals surface area contributed by atoms with Gasteiger partial charge in [0.05, 0.1) is 21.8 Å². The monoisotopic (exact) mass is 529 g/mol. The molecule has 1 N–H and O–H groups in total. The summed E-state index contributed by atoms with van der Waals surface area (Å²) >= 11 is 3.46. The van der Waals surface area contributed by atoms with Crippen LogP contribution in [-0.4, -0.2) is 17.8 Å². The Morgan fingerprint density at radius 2 is 1.74 bits per heavy atom. The molecule has 1 fully saturated rings. The quantitative estimate of drug-likeness (QED) is 0.362. The van der Waals surface area contributed by atoms with Crippen LogP contribution in [0.5, 0.6) is 5.75 Å². The Morgan fingerprint density at radius 1 is 1.03 bits per heavy atom. The number of urea groups is 1. The number of anilines is 1. The lowest BCUT2D eigenvalue weighted by Crippen LogP contribution is -2.54. The van der Waals surface area contributed by atoms with Crippen LogP contribution in [0.15, 0.2) is 70.7 Å². The summed E-state index contributed by atoms with van der Waals surface area (Å²) in [6, 6.07) is 19.0. The van der Waals surface area contributed by atoms with Crippen LogP contribution >= 0.6 is 15.9 Å². The van der Waals surface area contributed by atoms with Crippen molar-refractivity contribution in [3.8, 4) is 11.8 Å². The van der Waals surface area contributed by atoms with E-state index in [0.717, 1.165) is 21.6 Å². The lowest BCUT2D eigenvalue weighted by molar-refractivity contribution is -0.122. The smallest absolute Gasteiger partial charge is 0.335 e. The molecule has 174 valence electrons. The van der Waals surface area contributed by atoms with Gasteiger partial charge in [0.1, 0.15) is 17.9 Å². The second-order valence-electron chi connectivity index (χ2n) is 8.05. The van der Waals surface area contributed by atoms with E-state index in [1.807, 2.05) is 32.0 Å². The second-order valence-corrected chi connectivity index (χ2v) is 8.91. The van der Waals surface area contributed by atoms with Gasteiger partial charge in [-0.1, -0.05) is 30.3 Å². The molecule has 0 bridgehead atoms. The highest BCUT2D eigenvalue weighted by molar-refractivity contribution is 9.10. The summed E-state index contributed by atoms with van der Waals surface area (Å²) in [7, 11) is 0. The number of hydrogen-bond donors (Lipinski definition) is 1. The summed E-state index contributed by atoms with van der Waals surface area (Å²) in [6.07, 6.45) is 1.43. The SMILES string of the molecule is Cc1cc(C)cc(N2C(=O)NC(=O)C(=Cc3ccc(OCc4ccccc4C#N)c(Br)c3)C2=O)c1. The minimum absolute atomic E-state index is 0.160. The molecule has 1 heterocycles. The van der Waals surface area contributed by atoms with Crippen molar-refractivity contribution < 1.29 is 19.1 Å². The fourth-order valence-corrected chi connectivity index (χ4v) is 4.28. The van der Waals surface area contributed by atoms with Crippen LogP contribution in [0, 0.1) is 25.2 Å². The standard InChI is InChI=1S/C27H20BrN3O4/c1-16-9-17(2)11-21(10-16)31-26(33)22(25(32)30-27(31)34)12-18-7-8-24(23(28)13-18)35-15-20-6-4-3-5-19(20)14-29/h3-13H,15H2,1-2H3,(H,30,32,34). The molecule has 0 radical (unpaired) electrons. The van der Waals surface area contributed by atoms with E-state index in [2.05, 4.69) is 27.3 Å². The molecule has 1 aliphatic rings. The number of nitriles is 1. The Balaban J connectivity index is 1.59. The molecule has 8 heteroatoms. The van der Waals surface area contributed by atoms with Crippen LogP contribution in [0.2, 0.25) is 0 Å². The molecule has 0 atom stereocenters. The number of carbonyl (C=O) groups excluding carboxylic acids is 3. The van der Waals surface area contributed by atoms with E-state index in [1.54, 1.807) is 42.5 Å². The number of ether oxygens (including phenoxy) is 1. The van der Waals surface area contributed by atoms with Crippen molar-refractivity contribution in [3.05, 3.63) is 98.5 Å². The van der Waals surface area contributed by atoms with E-state index >= 15 is 0 Å². The van der Waals surface area contributed by atoms with Gasteiger partial charge < -0.3 is 4.74 Å². The first-order valence-corrected chi connectivity index (χ1v) is 11.5. The third-order valence-corrected chi connectivity index (χ3v) is 5.97. The van der Waals surface area contributed by atoms with Crippen molar-refractivity contribution in [2.75, 3.05) is 4.90 Å². The molecule has 1 aliphatic heterocycles. The molecule has 0 spiro atoms. The van der Waals surface area contributed by atoms with Gasteiger partial charge in [-0.3, -0.25) is 14.9 Å². The molecular weight excluding hydrogens is 510 g/mol. The summed E-state index contributed by atoms with van der Waals surface area (Å²) < 4.78 is 6.45. The Bertz CT molecular complexity index is 1420. The molecule has 0 unspecified atom stereocenters. The van der Waals surface area contributed by atoms with Gasteiger partial charge in [0.25, 0.3) is 11.8 Å². The van der Waals surface area contributed by atoms with Crippen LogP contribution < -0.4 is 15.0 Å². The highest BCUT2D eigenvalue weighted by atomic mass is 79.9. The number of carbonyl (C=O) groups is 3. The normalized spacial score (nSPS) is 14.6. The Morgan fingerprint density at radius 3 is 2.43 bits per heavy atom. The van der Waals surface area contributed by atoms with Gasteiger partial charge in [0.2, 0.25) is 0 Å². The molecule has 3 aromatic carbocycles. The molecule has 0 saturated carbocycles. The fourth-order valence-electron chi connectivity index (χ4n) is 3.77. The third kappa shape index (κ3) is 5.15. The number of rotatable bonds is 5. The first-order valence-electron chi connectivity index (χ1n) is 10.7. The number of aryl methyl sites for hydroxylation is 2. The van der Waals surface area contributed by atoms with Gasteiger partial charge >= 0.3 is 6.03 Å². The predicted molar refractivity (Wildman–Crippen MR) is 135 cm³/mol. The zero-order valence-electron chi connectivity index (χ0n) is 19.0. The van der Waals surface area contributed by atoms with E-state index in [9.17, 15) is 19.6 Å². The van der Waals surface area contributed by atoms with Gasteiger partial charge in [-0.15, -0.1) is 0 Å². The van der Waals surface area contributed by atoms with Crippen LogP contribution in [0.25, 0.3) is 6.08 Å². The number of halogens is 1. The minimum Gasteiger partial charge on any atom is -0.488 e. The third-order valence-electron chi connectivity index (χ3n) is 5.35. The van der Waals surface area contributed by atoms with Gasteiger partial charge in [0.15, 0.2) is 0 Å². The number of hydrogen-bond acceptors (Lipinski definition) is 5. The average Bonchev–Trinajstić information content (AvgIpc) is 2.80. The fraction of sp³-hybridized carbons (Fsp3) is 0.111. The Kier molecular flexibility index (Phi) is 6.80. The van der Waals surface area contributed by atoms with E-state index < -0.39 is 17.8 Å². The van der Waals surface area contributed by atoms with Crippen LogP contribution in [0.3, 0.4) is 0 Å². The number of nitrogens with one attached hydrogen (secondary N) is 1. The summed E-state index contributed by atoms with van der Waals surface area (Å²) in [6.45, 7) is 3.94. The molecule has 4 amide bonds. The molecule has 1 saturated heterocycles. The van der Waals surface area contributed by atoms with E-state index in [0.29, 0.717) is 27.0 Å². The van der Waals surface area contributed by atoms with Crippen molar-refractivity contribution in [3.63, 3.8) is 0 Å². The van der Waals surface area contributed by atoms with Crippen LogP contribution in [0.4, 0.5) is 10.5 Å². The van der Waals surface area contributed by atoms with Crippen molar-refractivity contribution in [1.82, 2.24) is 5.32 Å². The lowest BCUT2D eigenvalue weighted by Gasteiger charge is -2.27. The van der Waals surface area contributed by atoms with Gasteiger partial charge in [-0.25, -0.2) is 9.69 Å². The summed E-state index contributed by atoms with van der Waals surface area (Å²) in [5.74, 6) is -0.926. The van der Waals surface area contributed by atoms with Gasteiger partial charge in [-0.05, 0) is 82.9 Å². The number of nitrogens with zero attached hydrogens (tertiary/aromatic N) is 2. The molecule has 7 nitrogen and oxygen atoms in total. The zero-order valence-corrected chi connectivity index (χ0v) is 20.5. The first-order chi connectivity index (χ1) is 16.8. The van der Waals surface area contributed by atoms with E-state index in [4.69, 9.17) is 4.74 Å². The van der Waals surface area contributed by atoms with Gasteiger partial charge in [0, 0.05) is 5.56 Å². The Labute approximate surface area is 210 Å². The maximum Gasteiger partial charge on any atom is 0.335 e. The molecule has 0 aliphatic carbocycles. The maximum absolute atomic E-state index is 13.2. The highest BCUT2D eigenvalue weighted by Gasteiger charge is 2.37. The summed E-state index contributed by atoms with van der Waals surface area (Å²) in [5.41, 5.74) is 3.87. The highest BCUT2D eigenvalue weighted by Crippen LogP contribution is 2.29. The van der Waals surface area contributed by atoms with Crippen molar-refractivity contribution in [2.24, 2.45) is 0 Å². The topological polar surface area (TPSA) is 99.5 Å². The average molecular weight is 530 g/mol. The van der Waals surface area contributed by atoms with Crippen LogP contribution in [-0.2, 0) is 16.2 Å². The largest absolute Gasteiger partial charge is 0.488 e. The number of benzene rings is 3.